The summed E-state index contributed by atoms with van der Waals surface area (Å²) in [4.78, 5) is 13.1. The third-order valence-corrected chi connectivity index (χ3v) is 4.03. The SMILES string of the molecule is CC1CN(c2cccc(Br)c2C#N)CC1C(=O)O. The minimum absolute atomic E-state index is 0.0908. The zero-order valence-corrected chi connectivity index (χ0v) is 11.5. The van der Waals surface area contributed by atoms with Crippen LogP contribution in [0.15, 0.2) is 22.7 Å². The number of nitrogens with zero attached hydrogens (tertiary/aromatic N) is 2. The van der Waals surface area contributed by atoms with E-state index in [1.165, 1.54) is 0 Å². The van der Waals surface area contributed by atoms with Crippen molar-refractivity contribution in [3.05, 3.63) is 28.2 Å². The fourth-order valence-corrected chi connectivity index (χ4v) is 2.82. The number of nitriles is 1. The van der Waals surface area contributed by atoms with Gasteiger partial charge in [-0.3, -0.25) is 4.79 Å². The molecule has 4 nitrogen and oxygen atoms in total. The summed E-state index contributed by atoms with van der Waals surface area (Å²) in [6.45, 7) is 3.06. The second-order valence-electron chi connectivity index (χ2n) is 4.57. The van der Waals surface area contributed by atoms with Gasteiger partial charge in [0.2, 0.25) is 0 Å². The van der Waals surface area contributed by atoms with E-state index in [1.54, 1.807) is 0 Å². The summed E-state index contributed by atoms with van der Waals surface area (Å²) in [7, 11) is 0. The number of hydrogen-bond donors (Lipinski definition) is 1. The zero-order chi connectivity index (χ0) is 13.3. The third kappa shape index (κ3) is 2.21. The molecule has 0 aliphatic carbocycles. The Hall–Kier alpha value is -1.54. The Morgan fingerprint density at radius 2 is 2.28 bits per heavy atom. The Bertz CT molecular complexity index is 524. The van der Waals surface area contributed by atoms with Crippen molar-refractivity contribution in [2.75, 3.05) is 18.0 Å². The summed E-state index contributed by atoms with van der Waals surface area (Å²) >= 11 is 3.35. The highest BCUT2D eigenvalue weighted by atomic mass is 79.9. The van der Waals surface area contributed by atoms with E-state index >= 15 is 0 Å². The summed E-state index contributed by atoms with van der Waals surface area (Å²) in [5.41, 5.74) is 1.37. The van der Waals surface area contributed by atoms with Gasteiger partial charge in [0, 0.05) is 17.6 Å². The molecule has 1 aliphatic heterocycles. The molecule has 0 saturated carbocycles. The van der Waals surface area contributed by atoms with Gasteiger partial charge in [-0.15, -0.1) is 0 Å². The van der Waals surface area contributed by atoms with Gasteiger partial charge in [-0.25, -0.2) is 0 Å². The Balaban J connectivity index is 2.33. The predicted molar refractivity (Wildman–Crippen MR) is 71.4 cm³/mol. The van der Waals surface area contributed by atoms with Crippen LogP contribution in [0.4, 0.5) is 5.69 Å². The van der Waals surface area contributed by atoms with Gasteiger partial charge in [0.1, 0.15) is 6.07 Å². The number of halogens is 1. The first-order chi connectivity index (χ1) is 8.54. The van der Waals surface area contributed by atoms with E-state index in [-0.39, 0.29) is 11.8 Å². The molecule has 1 aliphatic rings. The lowest BCUT2D eigenvalue weighted by atomic mass is 9.99. The van der Waals surface area contributed by atoms with Gasteiger partial charge in [-0.1, -0.05) is 13.0 Å². The quantitative estimate of drug-likeness (QED) is 0.911. The monoisotopic (exact) mass is 308 g/mol. The van der Waals surface area contributed by atoms with E-state index in [4.69, 9.17) is 5.11 Å². The molecular weight excluding hydrogens is 296 g/mol. The lowest BCUT2D eigenvalue weighted by Gasteiger charge is -2.20. The number of rotatable bonds is 2. The minimum atomic E-state index is -0.765. The van der Waals surface area contributed by atoms with Crippen molar-refractivity contribution in [3.63, 3.8) is 0 Å². The average Bonchev–Trinajstić information content (AvgIpc) is 2.71. The smallest absolute Gasteiger partial charge is 0.308 e. The van der Waals surface area contributed by atoms with Crippen LogP contribution in [0.25, 0.3) is 0 Å². The van der Waals surface area contributed by atoms with Crippen molar-refractivity contribution in [2.24, 2.45) is 11.8 Å². The minimum Gasteiger partial charge on any atom is -0.481 e. The highest BCUT2D eigenvalue weighted by molar-refractivity contribution is 9.10. The van der Waals surface area contributed by atoms with E-state index in [1.807, 2.05) is 30.0 Å². The molecule has 0 aromatic heterocycles. The van der Waals surface area contributed by atoms with Crippen LogP contribution in [-0.4, -0.2) is 24.2 Å². The second-order valence-corrected chi connectivity index (χ2v) is 5.43. The van der Waals surface area contributed by atoms with E-state index in [0.717, 1.165) is 10.2 Å². The third-order valence-electron chi connectivity index (χ3n) is 3.37. The van der Waals surface area contributed by atoms with Crippen LogP contribution in [0.1, 0.15) is 12.5 Å². The Labute approximate surface area is 114 Å². The maximum Gasteiger partial charge on any atom is 0.308 e. The molecule has 18 heavy (non-hydrogen) atoms. The molecule has 94 valence electrons. The summed E-state index contributed by atoms with van der Waals surface area (Å²) in [6.07, 6.45) is 0. The van der Waals surface area contributed by atoms with Gasteiger partial charge < -0.3 is 10.0 Å². The molecule has 5 heteroatoms. The molecule has 2 atom stereocenters. The summed E-state index contributed by atoms with van der Waals surface area (Å²) < 4.78 is 0.744. The van der Waals surface area contributed by atoms with Crippen LogP contribution in [0.3, 0.4) is 0 Å². The molecule has 1 aromatic rings. The first kappa shape index (κ1) is 12.9. The van der Waals surface area contributed by atoms with E-state index in [9.17, 15) is 10.1 Å². The molecule has 1 saturated heterocycles. The molecule has 2 rings (SSSR count). The molecule has 0 spiro atoms. The Kier molecular flexibility index (Phi) is 3.58. The second kappa shape index (κ2) is 4.99. The molecule has 1 N–H and O–H groups in total. The van der Waals surface area contributed by atoms with Crippen LogP contribution in [0, 0.1) is 23.2 Å². The topological polar surface area (TPSA) is 64.3 Å². The summed E-state index contributed by atoms with van der Waals surface area (Å²) in [6, 6.07) is 7.70. The van der Waals surface area contributed by atoms with Crippen LogP contribution < -0.4 is 4.90 Å². The van der Waals surface area contributed by atoms with Crippen LogP contribution in [-0.2, 0) is 4.79 Å². The molecule has 1 fully saturated rings. The molecular formula is C13H13BrN2O2. The van der Waals surface area contributed by atoms with Gasteiger partial charge >= 0.3 is 5.97 Å². The lowest BCUT2D eigenvalue weighted by Crippen LogP contribution is -2.23. The van der Waals surface area contributed by atoms with Crippen molar-refractivity contribution in [1.82, 2.24) is 0 Å². The van der Waals surface area contributed by atoms with Gasteiger partial charge in [-0.2, -0.15) is 5.26 Å². The van der Waals surface area contributed by atoms with Gasteiger partial charge in [0.25, 0.3) is 0 Å². The van der Waals surface area contributed by atoms with Crippen LogP contribution in [0.5, 0.6) is 0 Å². The predicted octanol–water partition coefficient (Wildman–Crippen LogP) is 2.48. The fraction of sp³-hybridized carbons (Fsp3) is 0.385. The van der Waals surface area contributed by atoms with Crippen molar-refractivity contribution in [2.45, 2.75) is 6.92 Å². The van der Waals surface area contributed by atoms with Gasteiger partial charge in [-0.05, 0) is 34.0 Å². The number of carboxylic acids is 1. The Morgan fingerprint density at radius 1 is 1.56 bits per heavy atom. The summed E-state index contributed by atoms with van der Waals surface area (Å²) in [5.74, 6) is -1.04. The highest BCUT2D eigenvalue weighted by Crippen LogP contribution is 2.33. The normalized spacial score (nSPS) is 22.8. The summed E-state index contributed by atoms with van der Waals surface area (Å²) in [5, 5.41) is 18.3. The first-order valence-corrected chi connectivity index (χ1v) is 6.50. The molecule has 1 heterocycles. The first-order valence-electron chi connectivity index (χ1n) is 5.71. The molecule has 0 bridgehead atoms. The maximum absolute atomic E-state index is 11.1. The standard InChI is InChI=1S/C13H13BrN2O2/c1-8-6-16(7-10(8)13(17)18)12-4-2-3-11(14)9(12)5-15/h2-4,8,10H,6-7H2,1H3,(H,17,18). The zero-order valence-electron chi connectivity index (χ0n) is 9.93. The molecule has 0 radical (unpaired) electrons. The number of anilines is 1. The van der Waals surface area contributed by atoms with Crippen molar-refractivity contribution < 1.29 is 9.90 Å². The highest BCUT2D eigenvalue weighted by Gasteiger charge is 2.35. The molecule has 1 aromatic carbocycles. The number of hydrogen-bond acceptors (Lipinski definition) is 3. The number of carboxylic acid groups (broad SMARTS) is 1. The lowest BCUT2D eigenvalue weighted by molar-refractivity contribution is -0.142. The number of benzene rings is 1. The van der Waals surface area contributed by atoms with Gasteiger partial charge in [0.15, 0.2) is 0 Å². The number of aliphatic carboxylic acids is 1. The van der Waals surface area contributed by atoms with Crippen LogP contribution >= 0.6 is 15.9 Å². The Morgan fingerprint density at radius 3 is 2.83 bits per heavy atom. The van der Waals surface area contributed by atoms with E-state index in [2.05, 4.69) is 22.0 Å². The fourth-order valence-electron chi connectivity index (χ4n) is 2.37. The molecule has 0 amide bonds. The molecule has 2 unspecified atom stereocenters. The van der Waals surface area contributed by atoms with Crippen molar-refractivity contribution >= 4 is 27.6 Å². The average molecular weight is 309 g/mol. The van der Waals surface area contributed by atoms with Gasteiger partial charge in [0.05, 0.1) is 17.2 Å². The van der Waals surface area contributed by atoms with Crippen molar-refractivity contribution in [1.29, 1.82) is 5.26 Å². The largest absolute Gasteiger partial charge is 0.481 e. The van der Waals surface area contributed by atoms with E-state index < -0.39 is 5.97 Å². The maximum atomic E-state index is 11.1. The van der Waals surface area contributed by atoms with Crippen LogP contribution in [0.2, 0.25) is 0 Å². The number of carbonyl (C=O) groups is 1. The van der Waals surface area contributed by atoms with Crippen molar-refractivity contribution in [3.8, 4) is 6.07 Å². The van der Waals surface area contributed by atoms with E-state index in [0.29, 0.717) is 18.7 Å².